The summed E-state index contributed by atoms with van der Waals surface area (Å²) in [7, 11) is 0. The van der Waals surface area contributed by atoms with Gasteiger partial charge in [0.1, 0.15) is 29.1 Å². The molecular weight excluding hydrogens is 276 g/mol. The quantitative estimate of drug-likeness (QED) is 0.860. The zero-order chi connectivity index (χ0) is 14.9. The summed E-state index contributed by atoms with van der Waals surface area (Å²) in [6, 6.07) is 1.85. The highest BCUT2D eigenvalue weighted by Crippen LogP contribution is 2.30. The normalized spacial score (nSPS) is 10.4. The molecule has 1 amide bonds. The van der Waals surface area contributed by atoms with Crippen LogP contribution in [0.5, 0.6) is 0 Å². The standard InChI is InChI=1S/C13H8F4N2O/c1-6(20)19-12-4-8(11(17)5-18-12)13-9(15)2-7(14)3-10(13)16/h2-5H,1H3,(H,18,19,20). The second-order valence-electron chi connectivity index (χ2n) is 3.98. The number of carbonyl (C=O) groups excluding carboxylic acids is 1. The highest BCUT2D eigenvalue weighted by molar-refractivity contribution is 5.88. The Hall–Kier alpha value is -2.44. The van der Waals surface area contributed by atoms with Crippen molar-refractivity contribution in [1.29, 1.82) is 0 Å². The highest BCUT2D eigenvalue weighted by atomic mass is 19.1. The fourth-order valence-corrected chi connectivity index (χ4v) is 1.68. The molecule has 0 fully saturated rings. The van der Waals surface area contributed by atoms with Crippen molar-refractivity contribution in [1.82, 2.24) is 4.98 Å². The summed E-state index contributed by atoms with van der Waals surface area (Å²) in [6.07, 6.45) is 0.711. The van der Waals surface area contributed by atoms with Gasteiger partial charge in [0.2, 0.25) is 5.91 Å². The lowest BCUT2D eigenvalue weighted by Gasteiger charge is -2.09. The first-order chi connectivity index (χ1) is 9.38. The van der Waals surface area contributed by atoms with E-state index in [1.807, 2.05) is 0 Å². The Balaban J connectivity index is 2.60. The second-order valence-corrected chi connectivity index (χ2v) is 3.98. The minimum Gasteiger partial charge on any atom is -0.311 e. The summed E-state index contributed by atoms with van der Waals surface area (Å²) in [6.45, 7) is 1.20. The number of carbonyl (C=O) groups is 1. The van der Waals surface area contributed by atoms with Crippen LogP contribution in [0, 0.1) is 23.3 Å². The number of benzene rings is 1. The lowest BCUT2D eigenvalue weighted by atomic mass is 10.0. The van der Waals surface area contributed by atoms with Crippen LogP contribution in [0.4, 0.5) is 23.4 Å². The van der Waals surface area contributed by atoms with Crippen LogP contribution < -0.4 is 5.32 Å². The van der Waals surface area contributed by atoms with Crippen LogP contribution in [-0.2, 0) is 4.79 Å². The summed E-state index contributed by atoms with van der Waals surface area (Å²) < 4.78 is 53.7. The molecule has 0 atom stereocenters. The molecule has 2 aromatic rings. The molecule has 0 saturated carbocycles. The van der Waals surface area contributed by atoms with Crippen LogP contribution in [0.2, 0.25) is 0 Å². The molecule has 20 heavy (non-hydrogen) atoms. The summed E-state index contributed by atoms with van der Waals surface area (Å²) in [5.74, 6) is -5.15. The molecule has 0 aliphatic rings. The van der Waals surface area contributed by atoms with Gasteiger partial charge in [-0.3, -0.25) is 4.79 Å². The maximum Gasteiger partial charge on any atom is 0.222 e. The van der Waals surface area contributed by atoms with Gasteiger partial charge in [0, 0.05) is 24.6 Å². The molecule has 0 radical (unpaired) electrons. The van der Waals surface area contributed by atoms with E-state index in [0.717, 1.165) is 6.07 Å². The summed E-state index contributed by atoms with van der Waals surface area (Å²) in [5.41, 5.74) is -1.18. The molecule has 3 nitrogen and oxygen atoms in total. The average Bonchev–Trinajstić information content (AvgIpc) is 2.31. The predicted molar refractivity (Wildman–Crippen MR) is 63.8 cm³/mol. The minimum atomic E-state index is -1.25. The van der Waals surface area contributed by atoms with Crippen LogP contribution in [0.3, 0.4) is 0 Å². The Labute approximate surface area is 111 Å². The van der Waals surface area contributed by atoms with Crippen molar-refractivity contribution in [3.63, 3.8) is 0 Å². The molecule has 1 N–H and O–H groups in total. The molecular formula is C13H8F4N2O. The van der Waals surface area contributed by atoms with E-state index >= 15 is 0 Å². The van der Waals surface area contributed by atoms with Gasteiger partial charge in [-0.05, 0) is 6.07 Å². The molecule has 2 rings (SSSR count). The van der Waals surface area contributed by atoms with Gasteiger partial charge in [-0.1, -0.05) is 0 Å². The monoisotopic (exact) mass is 284 g/mol. The number of pyridine rings is 1. The number of halogens is 4. The first-order valence-corrected chi connectivity index (χ1v) is 5.46. The highest BCUT2D eigenvalue weighted by Gasteiger charge is 2.18. The Bertz CT molecular complexity index is 665. The van der Waals surface area contributed by atoms with Gasteiger partial charge in [0.25, 0.3) is 0 Å². The van der Waals surface area contributed by atoms with Crippen LogP contribution in [0.25, 0.3) is 11.1 Å². The fourth-order valence-electron chi connectivity index (χ4n) is 1.68. The molecule has 1 aromatic heterocycles. The number of hydrogen-bond donors (Lipinski definition) is 1. The molecule has 1 aromatic carbocycles. The predicted octanol–water partition coefficient (Wildman–Crippen LogP) is 3.26. The molecule has 0 spiro atoms. The molecule has 7 heteroatoms. The Morgan fingerprint density at radius 3 is 2.20 bits per heavy atom. The number of rotatable bonds is 2. The van der Waals surface area contributed by atoms with Crippen LogP contribution in [-0.4, -0.2) is 10.9 Å². The summed E-state index contributed by atoms with van der Waals surface area (Å²) >= 11 is 0. The third-order valence-corrected chi connectivity index (χ3v) is 2.44. The number of amides is 1. The van der Waals surface area contributed by atoms with Crippen LogP contribution in [0.1, 0.15) is 6.92 Å². The van der Waals surface area contributed by atoms with Crippen molar-refractivity contribution in [2.45, 2.75) is 6.92 Å². The largest absolute Gasteiger partial charge is 0.311 e. The van der Waals surface area contributed by atoms with Crippen molar-refractivity contribution >= 4 is 11.7 Å². The summed E-state index contributed by atoms with van der Waals surface area (Å²) in [5, 5.41) is 2.26. The van der Waals surface area contributed by atoms with Crippen molar-refractivity contribution < 1.29 is 22.4 Å². The lowest BCUT2D eigenvalue weighted by Crippen LogP contribution is -2.08. The zero-order valence-electron chi connectivity index (χ0n) is 10.2. The Morgan fingerprint density at radius 2 is 1.65 bits per heavy atom. The number of anilines is 1. The van der Waals surface area contributed by atoms with Crippen LogP contribution in [0.15, 0.2) is 24.4 Å². The van der Waals surface area contributed by atoms with Gasteiger partial charge in [0.05, 0.1) is 11.8 Å². The average molecular weight is 284 g/mol. The number of aromatic nitrogens is 1. The van der Waals surface area contributed by atoms with Crippen molar-refractivity contribution in [2.24, 2.45) is 0 Å². The molecule has 104 valence electrons. The topological polar surface area (TPSA) is 42.0 Å². The molecule has 1 heterocycles. The maximum absolute atomic E-state index is 13.7. The maximum atomic E-state index is 13.7. The van der Waals surface area contributed by atoms with E-state index in [0.29, 0.717) is 18.3 Å². The fraction of sp³-hybridized carbons (Fsp3) is 0.0769. The van der Waals surface area contributed by atoms with Gasteiger partial charge in [-0.2, -0.15) is 0 Å². The SMILES string of the molecule is CC(=O)Nc1cc(-c2c(F)cc(F)cc2F)c(F)cn1. The van der Waals surface area contributed by atoms with Gasteiger partial charge >= 0.3 is 0 Å². The third kappa shape index (κ3) is 2.76. The summed E-state index contributed by atoms with van der Waals surface area (Å²) in [4.78, 5) is 14.4. The van der Waals surface area contributed by atoms with Crippen molar-refractivity contribution in [3.05, 3.63) is 47.7 Å². The van der Waals surface area contributed by atoms with E-state index in [1.54, 1.807) is 0 Å². The first kappa shape index (κ1) is 14.0. The molecule has 0 aliphatic heterocycles. The number of nitrogens with one attached hydrogen (secondary N) is 1. The van der Waals surface area contributed by atoms with Crippen molar-refractivity contribution in [3.8, 4) is 11.1 Å². The minimum absolute atomic E-state index is 0.0722. The number of nitrogens with zero attached hydrogens (tertiary/aromatic N) is 1. The molecule has 0 bridgehead atoms. The van der Waals surface area contributed by atoms with Gasteiger partial charge in [-0.25, -0.2) is 22.5 Å². The van der Waals surface area contributed by atoms with E-state index in [4.69, 9.17) is 0 Å². The van der Waals surface area contributed by atoms with Gasteiger partial charge < -0.3 is 5.32 Å². The van der Waals surface area contributed by atoms with E-state index in [9.17, 15) is 22.4 Å². The van der Waals surface area contributed by atoms with Crippen molar-refractivity contribution in [2.75, 3.05) is 5.32 Å². The Morgan fingerprint density at radius 1 is 1.05 bits per heavy atom. The second kappa shape index (κ2) is 5.28. The van der Waals surface area contributed by atoms with Crippen LogP contribution >= 0.6 is 0 Å². The van der Waals surface area contributed by atoms with E-state index in [2.05, 4.69) is 10.3 Å². The van der Waals surface area contributed by atoms with Gasteiger partial charge in [-0.15, -0.1) is 0 Å². The van der Waals surface area contributed by atoms with Gasteiger partial charge in [0.15, 0.2) is 0 Å². The van der Waals surface area contributed by atoms with E-state index in [-0.39, 0.29) is 5.82 Å². The first-order valence-electron chi connectivity index (χ1n) is 5.46. The lowest BCUT2D eigenvalue weighted by molar-refractivity contribution is -0.114. The third-order valence-electron chi connectivity index (χ3n) is 2.44. The Kier molecular flexibility index (Phi) is 3.69. The van der Waals surface area contributed by atoms with E-state index in [1.165, 1.54) is 6.92 Å². The molecule has 0 aliphatic carbocycles. The zero-order valence-corrected chi connectivity index (χ0v) is 10.2. The number of hydrogen-bond acceptors (Lipinski definition) is 2. The van der Waals surface area contributed by atoms with E-state index < -0.39 is 40.3 Å². The molecule has 0 saturated heterocycles. The smallest absolute Gasteiger partial charge is 0.222 e. The molecule has 0 unspecified atom stereocenters.